The van der Waals surface area contributed by atoms with Gasteiger partial charge in [-0.05, 0) is 41.3 Å². The summed E-state index contributed by atoms with van der Waals surface area (Å²) in [6.45, 7) is 0.667. The van der Waals surface area contributed by atoms with Crippen molar-refractivity contribution in [1.82, 2.24) is 10.6 Å². The minimum absolute atomic E-state index is 0.135. The zero-order valence-electron chi connectivity index (χ0n) is 11.9. The lowest BCUT2D eigenvalue weighted by Crippen LogP contribution is -2.33. The Hall–Kier alpha value is -2.23. The number of ether oxygens (including phenoxy) is 1. The number of carbonyl (C=O) groups excluding carboxylic acids is 1. The topological polar surface area (TPSA) is 50.4 Å². The molecule has 0 heterocycles. The highest BCUT2D eigenvalue weighted by molar-refractivity contribution is 5.87. The zero-order valence-corrected chi connectivity index (χ0v) is 11.9. The van der Waals surface area contributed by atoms with E-state index in [1.54, 1.807) is 14.2 Å². The van der Waals surface area contributed by atoms with Crippen LogP contribution in [0.5, 0.6) is 5.75 Å². The Labute approximate surface area is 119 Å². The van der Waals surface area contributed by atoms with Gasteiger partial charge in [0, 0.05) is 13.6 Å². The molecule has 0 atom stereocenters. The summed E-state index contributed by atoms with van der Waals surface area (Å²) in [5, 5.41) is 7.77. The van der Waals surface area contributed by atoms with Gasteiger partial charge in [0.2, 0.25) is 0 Å². The van der Waals surface area contributed by atoms with Crippen molar-refractivity contribution < 1.29 is 9.53 Å². The maximum Gasteiger partial charge on any atom is 0.314 e. The van der Waals surface area contributed by atoms with Crippen LogP contribution >= 0.6 is 0 Å². The third kappa shape index (κ3) is 3.41. The van der Waals surface area contributed by atoms with Crippen LogP contribution in [0.3, 0.4) is 0 Å². The molecule has 2 aromatic carbocycles. The number of benzene rings is 2. The Morgan fingerprint density at radius 1 is 1.25 bits per heavy atom. The van der Waals surface area contributed by atoms with Crippen molar-refractivity contribution in [1.29, 1.82) is 0 Å². The predicted molar refractivity (Wildman–Crippen MR) is 81.3 cm³/mol. The highest BCUT2D eigenvalue weighted by Gasteiger charge is 2.03. The van der Waals surface area contributed by atoms with Gasteiger partial charge in [-0.2, -0.15) is 0 Å². The molecule has 0 spiro atoms. The lowest BCUT2D eigenvalue weighted by molar-refractivity contribution is 0.243. The summed E-state index contributed by atoms with van der Waals surface area (Å²) in [5.41, 5.74) is 1.28. The molecular weight excluding hydrogens is 252 g/mol. The summed E-state index contributed by atoms with van der Waals surface area (Å²) < 4.78 is 5.28. The van der Waals surface area contributed by atoms with E-state index in [9.17, 15) is 4.79 Å². The molecule has 2 aromatic rings. The molecule has 106 valence electrons. The molecular formula is C16H20N2O2. The number of hydrogen-bond donors (Lipinski definition) is 2. The first-order valence-electron chi connectivity index (χ1n) is 6.76. The average molecular weight is 272 g/mol. The molecule has 4 heteroatoms. The fourth-order valence-electron chi connectivity index (χ4n) is 2.23. The van der Waals surface area contributed by atoms with Gasteiger partial charge < -0.3 is 15.4 Å². The predicted octanol–water partition coefficient (Wildman–Crippen LogP) is 2.71. The van der Waals surface area contributed by atoms with Crippen LogP contribution in [0.15, 0.2) is 36.4 Å². The van der Waals surface area contributed by atoms with E-state index in [-0.39, 0.29) is 6.03 Å². The molecule has 2 amide bonds. The molecule has 2 rings (SSSR count). The van der Waals surface area contributed by atoms with Crippen LogP contribution in [0.4, 0.5) is 4.79 Å². The van der Waals surface area contributed by atoms with Crippen LogP contribution < -0.4 is 15.4 Å². The summed E-state index contributed by atoms with van der Waals surface area (Å²) in [6.07, 6.45) is 1.83. The molecule has 0 radical (unpaired) electrons. The maximum absolute atomic E-state index is 11.1. The third-order valence-electron chi connectivity index (χ3n) is 3.32. The Bertz CT molecular complexity index is 596. The number of hydrogen-bond acceptors (Lipinski definition) is 2. The van der Waals surface area contributed by atoms with Crippen molar-refractivity contribution in [2.75, 3.05) is 20.7 Å². The van der Waals surface area contributed by atoms with Crippen molar-refractivity contribution in [2.45, 2.75) is 12.8 Å². The quantitative estimate of drug-likeness (QED) is 0.822. The Balaban J connectivity index is 2.07. The molecule has 0 fully saturated rings. The van der Waals surface area contributed by atoms with Crippen molar-refractivity contribution in [2.24, 2.45) is 0 Å². The van der Waals surface area contributed by atoms with E-state index in [0.29, 0.717) is 6.54 Å². The fourth-order valence-corrected chi connectivity index (χ4v) is 2.23. The van der Waals surface area contributed by atoms with E-state index in [0.717, 1.165) is 18.6 Å². The van der Waals surface area contributed by atoms with E-state index < -0.39 is 0 Å². The normalized spacial score (nSPS) is 10.3. The highest BCUT2D eigenvalue weighted by Crippen LogP contribution is 2.24. The first-order chi connectivity index (χ1) is 9.74. The van der Waals surface area contributed by atoms with Gasteiger partial charge in [0.05, 0.1) is 7.11 Å². The number of nitrogens with one attached hydrogen (secondary N) is 2. The summed E-state index contributed by atoms with van der Waals surface area (Å²) in [7, 11) is 3.30. The first-order valence-corrected chi connectivity index (χ1v) is 6.76. The molecule has 0 aliphatic rings. The summed E-state index contributed by atoms with van der Waals surface area (Å²) >= 11 is 0. The SMILES string of the molecule is CNC(=O)NCCCc1cccc2ccc(OC)cc12. The second-order valence-electron chi connectivity index (χ2n) is 4.61. The molecule has 0 saturated heterocycles. The number of methoxy groups -OCH3 is 1. The van der Waals surface area contributed by atoms with Gasteiger partial charge in [-0.25, -0.2) is 4.79 Å². The van der Waals surface area contributed by atoms with Crippen LogP contribution in [0.1, 0.15) is 12.0 Å². The Kier molecular flexibility index (Phi) is 4.82. The lowest BCUT2D eigenvalue weighted by atomic mass is 10.0. The van der Waals surface area contributed by atoms with Crippen molar-refractivity contribution in [3.8, 4) is 5.75 Å². The molecule has 0 unspecified atom stereocenters. The number of urea groups is 1. The van der Waals surface area contributed by atoms with Gasteiger partial charge in [0.15, 0.2) is 0 Å². The molecule has 20 heavy (non-hydrogen) atoms. The van der Waals surface area contributed by atoms with Gasteiger partial charge in [0.1, 0.15) is 5.75 Å². The largest absolute Gasteiger partial charge is 0.497 e. The van der Waals surface area contributed by atoms with Crippen molar-refractivity contribution in [3.63, 3.8) is 0 Å². The van der Waals surface area contributed by atoms with Crippen LogP contribution in [0.2, 0.25) is 0 Å². The van der Waals surface area contributed by atoms with Gasteiger partial charge in [0.25, 0.3) is 0 Å². The van der Waals surface area contributed by atoms with Crippen LogP contribution in [-0.2, 0) is 6.42 Å². The second-order valence-corrected chi connectivity index (χ2v) is 4.61. The van der Waals surface area contributed by atoms with Crippen LogP contribution in [0, 0.1) is 0 Å². The monoisotopic (exact) mass is 272 g/mol. The standard InChI is InChI=1S/C16H20N2O2/c1-17-16(19)18-10-4-7-12-5-3-6-13-8-9-14(20-2)11-15(12)13/h3,5-6,8-9,11H,4,7,10H2,1-2H3,(H2,17,18,19). The summed E-state index contributed by atoms with van der Waals surface area (Å²) in [5.74, 6) is 0.869. The van der Waals surface area contributed by atoms with E-state index >= 15 is 0 Å². The van der Waals surface area contributed by atoms with Gasteiger partial charge in [-0.1, -0.05) is 24.3 Å². The van der Waals surface area contributed by atoms with E-state index in [2.05, 4.69) is 41.0 Å². The van der Waals surface area contributed by atoms with E-state index in [1.165, 1.54) is 16.3 Å². The smallest absolute Gasteiger partial charge is 0.314 e. The number of fused-ring (bicyclic) bond motifs is 1. The number of carbonyl (C=O) groups is 1. The van der Waals surface area contributed by atoms with Crippen LogP contribution in [0.25, 0.3) is 10.8 Å². The van der Waals surface area contributed by atoms with Gasteiger partial charge >= 0.3 is 6.03 Å². The summed E-state index contributed by atoms with van der Waals surface area (Å²) in [4.78, 5) is 11.1. The number of aryl methyl sites for hydroxylation is 1. The molecule has 0 aliphatic carbocycles. The summed E-state index contributed by atoms with van der Waals surface area (Å²) in [6, 6.07) is 12.3. The molecule has 0 bridgehead atoms. The average Bonchev–Trinajstić information content (AvgIpc) is 2.50. The molecule has 2 N–H and O–H groups in total. The third-order valence-corrected chi connectivity index (χ3v) is 3.32. The number of amides is 2. The van der Waals surface area contributed by atoms with E-state index in [1.807, 2.05) is 6.07 Å². The molecule has 0 aliphatic heterocycles. The maximum atomic E-state index is 11.1. The Morgan fingerprint density at radius 2 is 2.10 bits per heavy atom. The second kappa shape index (κ2) is 6.80. The highest BCUT2D eigenvalue weighted by atomic mass is 16.5. The van der Waals surface area contributed by atoms with Gasteiger partial charge in [-0.3, -0.25) is 0 Å². The van der Waals surface area contributed by atoms with Crippen LogP contribution in [-0.4, -0.2) is 26.7 Å². The Morgan fingerprint density at radius 3 is 2.85 bits per heavy atom. The minimum atomic E-state index is -0.135. The first kappa shape index (κ1) is 14.2. The van der Waals surface area contributed by atoms with E-state index in [4.69, 9.17) is 4.74 Å². The number of rotatable bonds is 5. The van der Waals surface area contributed by atoms with Crippen molar-refractivity contribution >= 4 is 16.8 Å². The minimum Gasteiger partial charge on any atom is -0.497 e. The molecule has 0 saturated carbocycles. The van der Waals surface area contributed by atoms with Crippen molar-refractivity contribution in [3.05, 3.63) is 42.0 Å². The zero-order chi connectivity index (χ0) is 14.4. The van der Waals surface area contributed by atoms with Gasteiger partial charge in [-0.15, -0.1) is 0 Å². The fraction of sp³-hybridized carbons (Fsp3) is 0.312. The lowest BCUT2D eigenvalue weighted by Gasteiger charge is -2.09. The molecule has 0 aromatic heterocycles. The molecule has 4 nitrogen and oxygen atoms in total.